The van der Waals surface area contributed by atoms with Crippen LogP contribution in [0.1, 0.15) is 33.1 Å². The normalized spacial score (nSPS) is 19.1. The van der Waals surface area contributed by atoms with Crippen molar-refractivity contribution in [1.82, 2.24) is 15.0 Å². The molecular weight excluding hydrogens is 230 g/mol. The van der Waals surface area contributed by atoms with E-state index < -0.39 is 0 Å². The van der Waals surface area contributed by atoms with Gasteiger partial charge in [0.25, 0.3) is 0 Å². The summed E-state index contributed by atoms with van der Waals surface area (Å²) in [5.74, 6) is 1.31. The van der Waals surface area contributed by atoms with Gasteiger partial charge in [-0.2, -0.15) is 15.0 Å². The van der Waals surface area contributed by atoms with Crippen LogP contribution in [-0.4, -0.2) is 41.2 Å². The number of hydrogen-bond acceptors (Lipinski definition) is 6. The summed E-state index contributed by atoms with van der Waals surface area (Å²) in [7, 11) is 1.58. The number of rotatable bonds is 5. The molecule has 2 heterocycles. The third-order valence-corrected chi connectivity index (χ3v) is 3.13. The Balaban J connectivity index is 2.22. The van der Waals surface area contributed by atoms with E-state index in [0.29, 0.717) is 23.9 Å². The van der Waals surface area contributed by atoms with Gasteiger partial charge in [-0.05, 0) is 26.2 Å². The molecule has 1 fully saturated rings. The van der Waals surface area contributed by atoms with E-state index in [0.717, 1.165) is 19.5 Å². The Morgan fingerprint density at radius 2 is 2.22 bits per heavy atom. The Morgan fingerprint density at radius 3 is 2.83 bits per heavy atom. The number of nitrogens with one attached hydrogen (secondary N) is 1. The lowest BCUT2D eigenvalue weighted by Gasteiger charge is -2.21. The molecule has 0 radical (unpaired) electrons. The molecule has 1 aromatic heterocycles. The fourth-order valence-corrected chi connectivity index (χ4v) is 2.11. The Labute approximate surface area is 108 Å². The van der Waals surface area contributed by atoms with Crippen LogP contribution in [0.4, 0.5) is 11.9 Å². The summed E-state index contributed by atoms with van der Waals surface area (Å²) >= 11 is 0. The Bertz CT molecular complexity index is 398. The molecule has 0 spiro atoms. The van der Waals surface area contributed by atoms with E-state index in [2.05, 4.69) is 39.0 Å². The van der Waals surface area contributed by atoms with Crippen molar-refractivity contribution in [2.24, 2.45) is 0 Å². The molecule has 100 valence electrons. The lowest BCUT2D eigenvalue weighted by molar-refractivity contribution is 0.378. The van der Waals surface area contributed by atoms with Crippen LogP contribution in [0.5, 0.6) is 6.01 Å². The SMILES string of the molecule is CCCNc1nc(OC)nc(N2CCCC2C)n1. The van der Waals surface area contributed by atoms with Crippen molar-refractivity contribution >= 4 is 11.9 Å². The van der Waals surface area contributed by atoms with E-state index >= 15 is 0 Å². The maximum atomic E-state index is 5.14. The molecule has 0 bridgehead atoms. The predicted octanol–water partition coefficient (Wildman–Crippen LogP) is 1.69. The predicted molar refractivity (Wildman–Crippen MR) is 71.2 cm³/mol. The summed E-state index contributed by atoms with van der Waals surface area (Å²) in [6.45, 7) is 6.15. The highest BCUT2D eigenvalue weighted by Crippen LogP contribution is 2.23. The minimum Gasteiger partial charge on any atom is -0.467 e. The molecule has 1 aliphatic rings. The molecular formula is C12H21N5O. The first kappa shape index (κ1) is 12.9. The van der Waals surface area contributed by atoms with Gasteiger partial charge in [0.2, 0.25) is 11.9 Å². The summed E-state index contributed by atoms with van der Waals surface area (Å²) in [5, 5.41) is 3.18. The van der Waals surface area contributed by atoms with E-state index in [-0.39, 0.29) is 0 Å². The monoisotopic (exact) mass is 251 g/mol. The minimum absolute atomic E-state index is 0.373. The molecule has 1 saturated heterocycles. The van der Waals surface area contributed by atoms with Crippen molar-refractivity contribution in [3.63, 3.8) is 0 Å². The Morgan fingerprint density at radius 1 is 1.39 bits per heavy atom. The molecule has 1 atom stereocenters. The topological polar surface area (TPSA) is 63.2 Å². The first-order valence-corrected chi connectivity index (χ1v) is 6.55. The Kier molecular flexibility index (Phi) is 4.17. The van der Waals surface area contributed by atoms with Gasteiger partial charge in [0.05, 0.1) is 7.11 Å². The first-order chi connectivity index (χ1) is 8.74. The highest BCUT2D eigenvalue weighted by Gasteiger charge is 2.24. The third-order valence-electron chi connectivity index (χ3n) is 3.13. The minimum atomic E-state index is 0.373. The van der Waals surface area contributed by atoms with Gasteiger partial charge in [0.1, 0.15) is 0 Å². The Hall–Kier alpha value is -1.59. The fraction of sp³-hybridized carbons (Fsp3) is 0.750. The fourth-order valence-electron chi connectivity index (χ4n) is 2.11. The van der Waals surface area contributed by atoms with Crippen molar-refractivity contribution in [3.05, 3.63) is 0 Å². The maximum absolute atomic E-state index is 5.14. The number of hydrogen-bond donors (Lipinski definition) is 1. The molecule has 6 nitrogen and oxygen atoms in total. The second-order valence-corrected chi connectivity index (χ2v) is 4.56. The number of nitrogens with zero attached hydrogens (tertiary/aromatic N) is 4. The second kappa shape index (κ2) is 5.84. The molecule has 2 rings (SSSR count). The van der Waals surface area contributed by atoms with Crippen LogP contribution in [0.25, 0.3) is 0 Å². The van der Waals surface area contributed by atoms with Gasteiger partial charge in [-0.3, -0.25) is 0 Å². The lowest BCUT2D eigenvalue weighted by Crippen LogP contribution is -2.28. The number of methoxy groups -OCH3 is 1. The third kappa shape index (κ3) is 2.80. The standard InChI is InChI=1S/C12H21N5O/c1-4-7-13-10-14-11(16-12(15-10)18-3)17-8-5-6-9(17)2/h9H,4-8H2,1-3H3,(H,13,14,15,16). The average Bonchev–Trinajstić information content (AvgIpc) is 2.82. The molecule has 1 aliphatic heterocycles. The van der Waals surface area contributed by atoms with Crippen LogP contribution >= 0.6 is 0 Å². The smallest absolute Gasteiger partial charge is 0.322 e. The van der Waals surface area contributed by atoms with Gasteiger partial charge < -0.3 is 15.0 Å². The molecule has 0 saturated carbocycles. The lowest BCUT2D eigenvalue weighted by atomic mass is 10.2. The van der Waals surface area contributed by atoms with Gasteiger partial charge >= 0.3 is 6.01 Å². The molecule has 18 heavy (non-hydrogen) atoms. The zero-order chi connectivity index (χ0) is 13.0. The quantitative estimate of drug-likeness (QED) is 0.859. The largest absolute Gasteiger partial charge is 0.467 e. The second-order valence-electron chi connectivity index (χ2n) is 4.56. The van der Waals surface area contributed by atoms with Gasteiger partial charge in [-0.25, -0.2) is 0 Å². The molecule has 0 aliphatic carbocycles. The van der Waals surface area contributed by atoms with E-state index in [1.807, 2.05) is 0 Å². The average molecular weight is 251 g/mol. The van der Waals surface area contributed by atoms with E-state index in [1.165, 1.54) is 12.8 Å². The molecule has 1 unspecified atom stereocenters. The maximum Gasteiger partial charge on any atom is 0.322 e. The van der Waals surface area contributed by atoms with E-state index in [1.54, 1.807) is 7.11 Å². The zero-order valence-electron chi connectivity index (χ0n) is 11.3. The van der Waals surface area contributed by atoms with E-state index in [4.69, 9.17) is 4.74 Å². The summed E-state index contributed by atoms with van der Waals surface area (Å²) in [4.78, 5) is 15.2. The van der Waals surface area contributed by atoms with Crippen molar-refractivity contribution in [2.75, 3.05) is 30.4 Å². The van der Waals surface area contributed by atoms with Crippen LogP contribution in [-0.2, 0) is 0 Å². The molecule has 0 aromatic carbocycles. The highest BCUT2D eigenvalue weighted by molar-refractivity contribution is 5.40. The van der Waals surface area contributed by atoms with Crippen molar-refractivity contribution in [3.8, 4) is 6.01 Å². The van der Waals surface area contributed by atoms with Crippen LogP contribution in [0.2, 0.25) is 0 Å². The van der Waals surface area contributed by atoms with Crippen LogP contribution in [0.3, 0.4) is 0 Å². The summed E-state index contributed by atoms with van der Waals surface area (Å²) < 4.78 is 5.14. The van der Waals surface area contributed by atoms with Gasteiger partial charge in [-0.15, -0.1) is 0 Å². The van der Waals surface area contributed by atoms with Gasteiger partial charge in [0.15, 0.2) is 0 Å². The highest BCUT2D eigenvalue weighted by atomic mass is 16.5. The van der Waals surface area contributed by atoms with Crippen LogP contribution in [0, 0.1) is 0 Å². The van der Waals surface area contributed by atoms with Gasteiger partial charge in [0, 0.05) is 19.1 Å². The molecule has 6 heteroatoms. The summed E-state index contributed by atoms with van der Waals surface area (Å²) in [5.41, 5.74) is 0. The number of anilines is 2. The molecule has 0 amide bonds. The zero-order valence-corrected chi connectivity index (χ0v) is 11.3. The number of aromatic nitrogens is 3. The van der Waals surface area contributed by atoms with Crippen molar-refractivity contribution < 1.29 is 4.74 Å². The van der Waals surface area contributed by atoms with Crippen LogP contribution < -0.4 is 15.0 Å². The molecule has 1 N–H and O–H groups in total. The van der Waals surface area contributed by atoms with E-state index in [9.17, 15) is 0 Å². The first-order valence-electron chi connectivity index (χ1n) is 6.55. The van der Waals surface area contributed by atoms with Crippen LogP contribution in [0.15, 0.2) is 0 Å². The summed E-state index contributed by atoms with van der Waals surface area (Å²) in [6.07, 6.45) is 3.40. The van der Waals surface area contributed by atoms with Crippen molar-refractivity contribution in [1.29, 1.82) is 0 Å². The van der Waals surface area contributed by atoms with Gasteiger partial charge in [-0.1, -0.05) is 6.92 Å². The summed E-state index contributed by atoms with van der Waals surface area (Å²) in [6, 6.07) is 0.855. The number of ether oxygens (including phenoxy) is 1. The molecule has 1 aromatic rings. The van der Waals surface area contributed by atoms with Crippen molar-refractivity contribution in [2.45, 2.75) is 39.2 Å².